The zero-order chi connectivity index (χ0) is 20.3. The van der Waals surface area contributed by atoms with Crippen molar-refractivity contribution >= 4 is 33.3 Å². The number of benzene rings is 4. The summed E-state index contributed by atoms with van der Waals surface area (Å²) >= 11 is 6.38. The van der Waals surface area contributed by atoms with Crippen molar-refractivity contribution in [3.05, 3.63) is 125 Å². The Kier molecular flexibility index (Phi) is 5.08. The molecule has 1 heterocycles. The van der Waals surface area contributed by atoms with Crippen LogP contribution in [0.1, 0.15) is 11.1 Å². The van der Waals surface area contributed by atoms with E-state index >= 15 is 0 Å². The van der Waals surface area contributed by atoms with Gasteiger partial charge in [-0.05, 0) is 40.8 Å². The van der Waals surface area contributed by atoms with Gasteiger partial charge >= 0.3 is 0 Å². The van der Waals surface area contributed by atoms with Crippen LogP contribution >= 0.6 is 11.6 Å². The third kappa shape index (κ3) is 3.62. The van der Waals surface area contributed by atoms with E-state index in [4.69, 9.17) is 16.6 Å². The zero-order valence-corrected chi connectivity index (χ0v) is 17.3. The molecule has 30 heavy (non-hydrogen) atoms. The van der Waals surface area contributed by atoms with Crippen molar-refractivity contribution in [1.29, 1.82) is 0 Å². The standard InChI is InChI=1S/C27H21ClN2/c28-22-15-16-24-25(17-22)23-13-7-8-14-26(23)30(19-21-11-5-2-6-12-21)27(24)29-18-20-9-3-1-4-10-20/h1-17H,18-19H2/b29-27-. The van der Waals surface area contributed by atoms with E-state index in [2.05, 4.69) is 89.5 Å². The molecule has 5 aromatic rings. The number of nitrogens with zero attached hydrogens (tertiary/aromatic N) is 2. The lowest BCUT2D eigenvalue weighted by molar-refractivity contribution is 0.765. The fraction of sp³-hybridized carbons (Fsp3) is 0.0741. The Hall–Kier alpha value is -3.36. The maximum Gasteiger partial charge on any atom is 0.136 e. The Labute approximate surface area is 180 Å². The minimum absolute atomic E-state index is 0.631. The van der Waals surface area contributed by atoms with Crippen LogP contribution in [0.25, 0.3) is 21.7 Å². The van der Waals surface area contributed by atoms with Gasteiger partial charge in [0.2, 0.25) is 0 Å². The second kappa shape index (κ2) is 8.17. The SMILES string of the molecule is Clc1ccc2/c(=N/Cc3ccccc3)n(Cc3ccccc3)c3ccccc3c2c1. The normalized spacial score (nSPS) is 12.0. The third-order valence-corrected chi connectivity index (χ3v) is 5.64. The molecule has 2 nitrogen and oxygen atoms in total. The quantitative estimate of drug-likeness (QED) is 0.298. The molecule has 0 saturated heterocycles. The molecule has 0 N–H and O–H groups in total. The Bertz CT molecular complexity index is 1390. The first-order valence-corrected chi connectivity index (χ1v) is 10.5. The molecule has 0 radical (unpaired) electrons. The number of aromatic nitrogens is 1. The molecule has 0 bridgehead atoms. The maximum atomic E-state index is 6.38. The monoisotopic (exact) mass is 408 g/mol. The van der Waals surface area contributed by atoms with Crippen molar-refractivity contribution in [3.8, 4) is 0 Å². The molecule has 0 amide bonds. The molecule has 0 aliphatic heterocycles. The molecule has 0 atom stereocenters. The van der Waals surface area contributed by atoms with Gasteiger partial charge in [-0.25, -0.2) is 0 Å². The van der Waals surface area contributed by atoms with Gasteiger partial charge in [0.05, 0.1) is 12.1 Å². The molecule has 4 aromatic carbocycles. The maximum absolute atomic E-state index is 6.38. The Balaban J connectivity index is 1.82. The van der Waals surface area contributed by atoms with Crippen LogP contribution in [0.2, 0.25) is 5.02 Å². The highest BCUT2D eigenvalue weighted by molar-refractivity contribution is 6.31. The van der Waals surface area contributed by atoms with Gasteiger partial charge in [0.1, 0.15) is 5.49 Å². The first-order chi connectivity index (χ1) is 14.8. The van der Waals surface area contributed by atoms with E-state index in [-0.39, 0.29) is 0 Å². The van der Waals surface area contributed by atoms with Gasteiger partial charge in [-0.1, -0.05) is 90.5 Å². The Morgan fingerprint density at radius 1 is 0.633 bits per heavy atom. The van der Waals surface area contributed by atoms with Crippen molar-refractivity contribution in [3.63, 3.8) is 0 Å². The average molecular weight is 409 g/mol. The first-order valence-electron chi connectivity index (χ1n) is 10.1. The molecule has 5 rings (SSSR count). The van der Waals surface area contributed by atoms with Crippen molar-refractivity contribution in [2.24, 2.45) is 4.99 Å². The van der Waals surface area contributed by atoms with Crippen LogP contribution in [0.15, 0.2) is 108 Å². The molecule has 3 heteroatoms. The lowest BCUT2D eigenvalue weighted by Gasteiger charge is -2.16. The van der Waals surface area contributed by atoms with Gasteiger partial charge in [-0.3, -0.25) is 4.99 Å². The van der Waals surface area contributed by atoms with Gasteiger partial charge in [-0.15, -0.1) is 0 Å². The molecular formula is C27H21ClN2. The molecule has 146 valence electrons. The van der Waals surface area contributed by atoms with E-state index in [1.165, 1.54) is 16.5 Å². The Morgan fingerprint density at radius 2 is 1.30 bits per heavy atom. The second-order valence-electron chi connectivity index (χ2n) is 7.40. The number of rotatable bonds is 4. The summed E-state index contributed by atoms with van der Waals surface area (Å²) in [6.07, 6.45) is 0. The zero-order valence-electron chi connectivity index (χ0n) is 16.5. The van der Waals surface area contributed by atoms with E-state index in [0.717, 1.165) is 33.3 Å². The van der Waals surface area contributed by atoms with Crippen LogP contribution in [0, 0.1) is 0 Å². The number of hydrogen-bond donors (Lipinski definition) is 0. The number of fused-ring (bicyclic) bond motifs is 3. The molecular weight excluding hydrogens is 388 g/mol. The fourth-order valence-corrected chi connectivity index (χ4v) is 4.15. The number of para-hydroxylation sites is 1. The number of halogens is 1. The molecule has 0 aliphatic carbocycles. The summed E-state index contributed by atoms with van der Waals surface area (Å²) in [5.74, 6) is 0. The second-order valence-corrected chi connectivity index (χ2v) is 7.84. The summed E-state index contributed by atoms with van der Waals surface area (Å²) in [4.78, 5) is 5.10. The van der Waals surface area contributed by atoms with Gasteiger partial charge < -0.3 is 4.57 Å². The largest absolute Gasteiger partial charge is 0.321 e. The lowest BCUT2D eigenvalue weighted by atomic mass is 10.1. The highest BCUT2D eigenvalue weighted by Gasteiger charge is 2.10. The van der Waals surface area contributed by atoms with E-state index < -0.39 is 0 Å². The first kappa shape index (κ1) is 18.7. The molecule has 0 fully saturated rings. The van der Waals surface area contributed by atoms with Crippen LogP contribution in [0.5, 0.6) is 0 Å². The van der Waals surface area contributed by atoms with Gasteiger partial charge in [-0.2, -0.15) is 0 Å². The van der Waals surface area contributed by atoms with Crippen molar-refractivity contribution in [2.45, 2.75) is 13.1 Å². The fourth-order valence-electron chi connectivity index (χ4n) is 3.98. The summed E-state index contributed by atoms with van der Waals surface area (Å²) in [5.41, 5.74) is 4.58. The summed E-state index contributed by atoms with van der Waals surface area (Å²) in [6.45, 7) is 1.39. The van der Waals surface area contributed by atoms with E-state index in [1.807, 2.05) is 18.2 Å². The van der Waals surface area contributed by atoms with Crippen molar-refractivity contribution in [1.82, 2.24) is 4.57 Å². The number of pyridine rings is 1. The predicted molar refractivity (Wildman–Crippen MR) is 126 cm³/mol. The van der Waals surface area contributed by atoms with Crippen molar-refractivity contribution in [2.75, 3.05) is 0 Å². The highest BCUT2D eigenvalue weighted by atomic mass is 35.5. The average Bonchev–Trinajstić information content (AvgIpc) is 2.80. The third-order valence-electron chi connectivity index (χ3n) is 5.40. The highest BCUT2D eigenvalue weighted by Crippen LogP contribution is 2.26. The summed E-state index contributed by atoms with van der Waals surface area (Å²) in [7, 11) is 0. The lowest BCUT2D eigenvalue weighted by Crippen LogP contribution is -2.23. The smallest absolute Gasteiger partial charge is 0.136 e. The summed E-state index contributed by atoms with van der Waals surface area (Å²) < 4.78 is 2.32. The minimum atomic E-state index is 0.631. The van der Waals surface area contributed by atoms with Gasteiger partial charge in [0.15, 0.2) is 0 Å². The molecule has 0 spiro atoms. The van der Waals surface area contributed by atoms with Crippen LogP contribution in [0.4, 0.5) is 0 Å². The molecule has 1 aromatic heterocycles. The Morgan fingerprint density at radius 3 is 2.07 bits per heavy atom. The summed E-state index contributed by atoms with van der Waals surface area (Å²) in [6, 6.07) is 35.5. The number of hydrogen-bond acceptors (Lipinski definition) is 1. The van der Waals surface area contributed by atoms with Gasteiger partial charge in [0.25, 0.3) is 0 Å². The topological polar surface area (TPSA) is 17.3 Å². The van der Waals surface area contributed by atoms with E-state index in [1.54, 1.807) is 0 Å². The van der Waals surface area contributed by atoms with Crippen molar-refractivity contribution < 1.29 is 0 Å². The van der Waals surface area contributed by atoms with Crippen LogP contribution in [0.3, 0.4) is 0 Å². The molecule has 0 unspecified atom stereocenters. The predicted octanol–water partition coefficient (Wildman–Crippen LogP) is 6.60. The summed E-state index contributed by atoms with van der Waals surface area (Å²) in [5, 5.41) is 4.17. The van der Waals surface area contributed by atoms with Crippen LogP contribution < -0.4 is 5.49 Å². The van der Waals surface area contributed by atoms with E-state index in [9.17, 15) is 0 Å². The van der Waals surface area contributed by atoms with Crippen LogP contribution in [-0.4, -0.2) is 4.57 Å². The molecule has 0 saturated carbocycles. The molecule has 0 aliphatic rings. The minimum Gasteiger partial charge on any atom is -0.321 e. The van der Waals surface area contributed by atoms with Crippen LogP contribution in [-0.2, 0) is 13.1 Å². The van der Waals surface area contributed by atoms with Gasteiger partial charge in [0, 0.05) is 22.3 Å². The van der Waals surface area contributed by atoms with E-state index in [0.29, 0.717) is 6.54 Å².